The molecule has 0 aliphatic heterocycles. The van der Waals surface area contributed by atoms with Gasteiger partial charge in [0.15, 0.2) is 0 Å². The number of nitrogens with one attached hydrogen (secondary N) is 1. The summed E-state index contributed by atoms with van der Waals surface area (Å²) in [5.74, 6) is 0.215. The van der Waals surface area contributed by atoms with Crippen LogP contribution >= 0.6 is 0 Å². The molecular formula is C21H20N4O. The van der Waals surface area contributed by atoms with Gasteiger partial charge in [-0.25, -0.2) is 5.10 Å². The van der Waals surface area contributed by atoms with Gasteiger partial charge in [-0.15, -0.1) is 0 Å². The van der Waals surface area contributed by atoms with Crippen LogP contribution in [-0.4, -0.2) is 20.0 Å². The Morgan fingerprint density at radius 2 is 1.77 bits per heavy atom. The number of aryl methyl sites for hydroxylation is 1. The highest BCUT2D eigenvalue weighted by Crippen LogP contribution is 2.33. The van der Waals surface area contributed by atoms with Crippen LogP contribution in [0.15, 0.2) is 59.5 Å². The maximum absolute atomic E-state index is 12.2. The Bertz CT molecular complexity index is 1140. The number of hydrogen-bond donors (Lipinski definition) is 1. The van der Waals surface area contributed by atoms with E-state index in [0.29, 0.717) is 5.39 Å². The Morgan fingerprint density at radius 1 is 1.00 bits per heavy atom. The van der Waals surface area contributed by atoms with Crippen LogP contribution in [0, 0.1) is 0 Å². The number of aromatic amines is 1. The first-order valence-corrected chi connectivity index (χ1v) is 8.66. The fourth-order valence-electron chi connectivity index (χ4n) is 3.38. The van der Waals surface area contributed by atoms with E-state index < -0.39 is 0 Å². The van der Waals surface area contributed by atoms with E-state index in [1.54, 1.807) is 0 Å². The zero-order valence-electron chi connectivity index (χ0n) is 15.0. The fraction of sp³-hybridized carbons (Fsp3) is 0.190. The molecule has 130 valence electrons. The molecular weight excluding hydrogens is 324 g/mol. The Morgan fingerprint density at radius 3 is 2.50 bits per heavy atom. The van der Waals surface area contributed by atoms with Gasteiger partial charge in [-0.2, -0.15) is 10.2 Å². The zero-order chi connectivity index (χ0) is 18.3. The van der Waals surface area contributed by atoms with E-state index >= 15 is 0 Å². The normalized spacial score (nSPS) is 11.4. The summed E-state index contributed by atoms with van der Waals surface area (Å²) in [6.45, 7) is 4.15. The van der Waals surface area contributed by atoms with Gasteiger partial charge < -0.3 is 0 Å². The van der Waals surface area contributed by atoms with Crippen LogP contribution in [0.2, 0.25) is 0 Å². The van der Waals surface area contributed by atoms with E-state index in [0.717, 1.165) is 33.5 Å². The molecule has 4 rings (SSSR count). The van der Waals surface area contributed by atoms with Crippen LogP contribution in [0.1, 0.15) is 25.5 Å². The summed E-state index contributed by atoms with van der Waals surface area (Å²) in [5.41, 5.74) is 4.95. The van der Waals surface area contributed by atoms with E-state index in [1.165, 1.54) is 0 Å². The Labute approximate surface area is 151 Å². The molecule has 1 N–H and O–H groups in total. The summed E-state index contributed by atoms with van der Waals surface area (Å²) in [7, 11) is 1.94. The second-order valence-electron chi connectivity index (χ2n) is 6.75. The Balaban J connectivity index is 1.97. The molecule has 2 heterocycles. The van der Waals surface area contributed by atoms with E-state index in [-0.39, 0.29) is 11.5 Å². The number of nitrogens with zero attached hydrogens (tertiary/aromatic N) is 3. The molecule has 0 unspecified atom stereocenters. The molecule has 5 heteroatoms. The molecule has 5 nitrogen and oxygen atoms in total. The summed E-state index contributed by atoms with van der Waals surface area (Å²) in [5, 5.41) is 12.9. The first-order valence-electron chi connectivity index (χ1n) is 8.66. The highest BCUT2D eigenvalue weighted by molar-refractivity contribution is 5.91. The highest BCUT2D eigenvalue weighted by atomic mass is 16.1. The van der Waals surface area contributed by atoms with Crippen molar-refractivity contribution < 1.29 is 0 Å². The van der Waals surface area contributed by atoms with Crippen molar-refractivity contribution in [3.63, 3.8) is 0 Å². The van der Waals surface area contributed by atoms with Crippen molar-refractivity contribution in [2.45, 2.75) is 19.8 Å². The van der Waals surface area contributed by atoms with Crippen LogP contribution in [-0.2, 0) is 7.05 Å². The van der Waals surface area contributed by atoms with E-state index in [2.05, 4.69) is 47.3 Å². The van der Waals surface area contributed by atoms with Gasteiger partial charge in [0, 0.05) is 23.6 Å². The number of aromatic nitrogens is 4. The van der Waals surface area contributed by atoms with Gasteiger partial charge in [-0.05, 0) is 23.6 Å². The van der Waals surface area contributed by atoms with Gasteiger partial charge >= 0.3 is 0 Å². The quantitative estimate of drug-likeness (QED) is 0.608. The predicted molar refractivity (Wildman–Crippen MR) is 104 cm³/mol. The molecule has 0 amide bonds. The smallest absolute Gasteiger partial charge is 0.267 e. The maximum Gasteiger partial charge on any atom is 0.272 e. The number of fused-ring (bicyclic) bond motifs is 1. The van der Waals surface area contributed by atoms with Crippen LogP contribution in [0.3, 0.4) is 0 Å². The SMILES string of the molecule is CC(C)c1n[nH]c(=O)c2ccc(-c3cnn(C)c3-c3ccccc3)cc12. The maximum atomic E-state index is 12.2. The molecule has 0 saturated carbocycles. The minimum absolute atomic E-state index is 0.162. The van der Waals surface area contributed by atoms with Gasteiger partial charge in [0.05, 0.1) is 23.0 Å². The third kappa shape index (κ3) is 2.62. The minimum atomic E-state index is -0.162. The van der Waals surface area contributed by atoms with Crippen LogP contribution in [0.25, 0.3) is 33.2 Å². The van der Waals surface area contributed by atoms with E-state index in [1.807, 2.05) is 48.3 Å². The Kier molecular flexibility index (Phi) is 3.92. The average Bonchev–Trinajstić information content (AvgIpc) is 3.03. The zero-order valence-corrected chi connectivity index (χ0v) is 15.0. The van der Waals surface area contributed by atoms with Crippen molar-refractivity contribution in [2.75, 3.05) is 0 Å². The van der Waals surface area contributed by atoms with Crippen molar-refractivity contribution >= 4 is 10.8 Å². The molecule has 0 bridgehead atoms. The monoisotopic (exact) mass is 344 g/mol. The minimum Gasteiger partial charge on any atom is -0.267 e. The van der Waals surface area contributed by atoms with Crippen molar-refractivity contribution in [3.05, 3.63) is 70.8 Å². The molecule has 4 aromatic rings. The molecule has 0 saturated heterocycles. The fourth-order valence-corrected chi connectivity index (χ4v) is 3.38. The number of benzene rings is 2. The van der Waals surface area contributed by atoms with Gasteiger partial charge in [-0.3, -0.25) is 9.48 Å². The molecule has 2 aromatic heterocycles. The average molecular weight is 344 g/mol. The highest BCUT2D eigenvalue weighted by Gasteiger charge is 2.15. The molecule has 0 aliphatic carbocycles. The third-order valence-electron chi connectivity index (χ3n) is 4.66. The molecule has 0 aliphatic rings. The van der Waals surface area contributed by atoms with Gasteiger partial charge in [0.1, 0.15) is 0 Å². The standard InChI is InChI=1S/C21H20N4O/c1-13(2)19-17-11-15(9-10-16(17)21(26)24-23-19)18-12-22-25(3)20(18)14-7-5-4-6-8-14/h4-13H,1-3H3,(H,24,26). The second-order valence-corrected chi connectivity index (χ2v) is 6.75. The first kappa shape index (κ1) is 16.3. The van der Waals surface area contributed by atoms with Gasteiger partial charge in [0.25, 0.3) is 5.56 Å². The molecule has 0 atom stereocenters. The second kappa shape index (κ2) is 6.26. The number of hydrogen-bond acceptors (Lipinski definition) is 3. The van der Waals surface area contributed by atoms with E-state index in [4.69, 9.17) is 0 Å². The topological polar surface area (TPSA) is 63.6 Å². The van der Waals surface area contributed by atoms with Gasteiger partial charge in [0.2, 0.25) is 0 Å². The molecule has 26 heavy (non-hydrogen) atoms. The Hall–Kier alpha value is -3.21. The summed E-state index contributed by atoms with van der Waals surface area (Å²) in [4.78, 5) is 12.2. The van der Waals surface area contributed by atoms with Crippen molar-refractivity contribution in [1.29, 1.82) is 0 Å². The summed E-state index contributed by atoms with van der Waals surface area (Å²) in [6.07, 6.45) is 1.87. The lowest BCUT2D eigenvalue weighted by atomic mass is 9.96. The third-order valence-corrected chi connectivity index (χ3v) is 4.66. The predicted octanol–water partition coefficient (Wildman–Crippen LogP) is 4.11. The summed E-state index contributed by atoms with van der Waals surface area (Å²) in [6, 6.07) is 16.1. The lowest BCUT2D eigenvalue weighted by Crippen LogP contribution is -2.11. The van der Waals surface area contributed by atoms with Crippen LogP contribution < -0.4 is 5.56 Å². The van der Waals surface area contributed by atoms with Crippen molar-refractivity contribution in [1.82, 2.24) is 20.0 Å². The molecule has 2 aromatic carbocycles. The summed E-state index contributed by atoms with van der Waals surface area (Å²) < 4.78 is 1.88. The lowest BCUT2D eigenvalue weighted by Gasteiger charge is -2.11. The molecule has 0 radical (unpaired) electrons. The lowest BCUT2D eigenvalue weighted by molar-refractivity contribution is 0.776. The van der Waals surface area contributed by atoms with Crippen LogP contribution in [0.5, 0.6) is 0 Å². The van der Waals surface area contributed by atoms with E-state index in [9.17, 15) is 4.79 Å². The number of H-pyrrole nitrogens is 1. The summed E-state index contributed by atoms with van der Waals surface area (Å²) >= 11 is 0. The largest absolute Gasteiger partial charge is 0.272 e. The molecule has 0 spiro atoms. The first-order chi connectivity index (χ1) is 12.6. The van der Waals surface area contributed by atoms with Crippen LogP contribution in [0.4, 0.5) is 0 Å². The number of rotatable bonds is 3. The molecule has 0 fully saturated rings. The van der Waals surface area contributed by atoms with Crippen molar-refractivity contribution in [2.24, 2.45) is 7.05 Å². The van der Waals surface area contributed by atoms with Crippen molar-refractivity contribution in [3.8, 4) is 22.4 Å². The van der Waals surface area contributed by atoms with Gasteiger partial charge in [-0.1, -0.05) is 50.2 Å².